The van der Waals surface area contributed by atoms with Crippen molar-refractivity contribution in [2.45, 2.75) is 38.9 Å². The largest absolute Gasteiger partial charge is 0.489 e. The minimum Gasteiger partial charge on any atom is -0.489 e. The first-order valence-electron chi connectivity index (χ1n) is 11.0. The molecule has 4 N–H and O–H groups in total. The number of rotatable bonds is 7. The monoisotopic (exact) mass is 438 g/mol. The number of ether oxygens (including phenoxy) is 1. The van der Waals surface area contributed by atoms with Crippen LogP contribution >= 0.6 is 0 Å². The average molecular weight is 439 g/mol. The van der Waals surface area contributed by atoms with Crippen molar-refractivity contribution in [1.82, 2.24) is 15.0 Å². The maximum Gasteiger partial charge on any atom is 0.258 e. The van der Waals surface area contributed by atoms with Crippen molar-refractivity contribution in [2.24, 2.45) is 0 Å². The van der Waals surface area contributed by atoms with Gasteiger partial charge in [-0.2, -0.15) is 4.98 Å². The van der Waals surface area contributed by atoms with Gasteiger partial charge >= 0.3 is 0 Å². The molecule has 0 unspecified atom stereocenters. The first-order valence-corrected chi connectivity index (χ1v) is 11.0. The molecule has 0 saturated carbocycles. The van der Waals surface area contributed by atoms with Gasteiger partial charge in [-0.05, 0) is 62.1 Å². The highest BCUT2D eigenvalue weighted by atomic mass is 16.5. The normalized spacial score (nSPS) is 15.4. The molecule has 2 aromatic carbocycles. The number of aliphatic hydroxyl groups excluding tert-OH is 2. The lowest BCUT2D eigenvalue weighted by molar-refractivity contribution is 0.0605. The van der Waals surface area contributed by atoms with E-state index in [2.05, 4.69) is 27.2 Å². The zero-order valence-electron chi connectivity index (χ0n) is 18.5. The Balaban J connectivity index is 1.50. The Morgan fingerprint density at radius 2 is 1.84 bits per heavy atom. The second kappa shape index (κ2) is 9.68. The Labute approximate surface area is 187 Å². The van der Waals surface area contributed by atoms with Crippen molar-refractivity contribution < 1.29 is 19.5 Å². The van der Waals surface area contributed by atoms with Gasteiger partial charge in [0.2, 0.25) is 5.82 Å². The second-order valence-corrected chi connectivity index (χ2v) is 8.46. The molecule has 8 heteroatoms. The molecule has 1 aliphatic heterocycles. The quantitative estimate of drug-likeness (QED) is 0.482. The summed E-state index contributed by atoms with van der Waals surface area (Å²) < 4.78 is 11.2. The number of aromatic nitrogens is 2. The van der Waals surface area contributed by atoms with Crippen LogP contribution in [0, 0.1) is 0 Å². The zero-order chi connectivity index (χ0) is 22.7. The van der Waals surface area contributed by atoms with E-state index in [4.69, 9.17) is 20.1 Å². The van der Waals surface area contributed by atoms with Gasteiger partial charge in [0, 0.05) is 30.8 Å². The Hall–Kier alpha value is -2.94. The van der Waals surface area contributed by atoms with Crippen LogP contribution in [-0.4, -0.2) is 63.7 Å². The molecule has 0 saturated heterocycles. The van der Waals surface area contributed by atoms with Gasteiger partial charge in [0.05, 0.1) is 24.5 Å². The van der Waals surface area contributed by atoms with Gasteiger partial charge in [-0.1, -0.05) is 17.3 Å². The van der Waals surface area contributed by atoms with Crippen LogP contribution in [0.2, 0.25) is 0 Å². The highest BCUT2D eigenvalue weighted by Crippen LogP contribution is 2.30. The fourth-order valence-electron chi connectivity index (χ4n) is 3.95. The Kier molecular flexibility index (Phi) is 6.74. The van der Waals surface area contributed by atoms with E-state index in [0.717, 1.165) is 37.1 Å². The van der Waals surface area contributed by atoms with Gasteiger partial charge in [-0.25, -0.2) is 0 Å². The third kappa shape index (κ3) is 5.09. The molecule has 0 aliphatic carbocycles. The van der Waals surface area contributed by atoms with E-state index in [1.54, 1.807) is 6.07 Å². The van der Waals surface area contributed by atoms with Crippen LogP contribution in [0.15, 0.2) is 40.9 Å². The fourth-order valence-corrected chi connectivity index (χ4v) is 3.95. The zero-order valence-corrected chi connectivity index (χ0v) is 18.5. The highest BCUT2D eigenvalue weighted by Gasteiger charge is 2.18. The first kappa shape index (κ1) is 22.3. The summed E-state index contributed by atoms with van der Waals surface area (Å²) in [4.78, 5) is 6.76. The van der Waals surface area contributed by atoms with Crippen molar-refractivity contribution in [3.63, 3.8) is 0 Å². The molecule has 0 bridgehead atoms. The van der Waals surface area contributed by atoms with Gasteiger partial charge in [-0.15, -0.1) is 0 Å². The van der Waals surface area contributed by atoms with Gasteiger partial charge in [0.15, 0.2) is 0 Å². The van der Waals surface area contributed by atoms with E-state index < -0.39 is 6.10 Å². The summed E-state index contributed by atoms with van der Waals surface area (Å²) in [5, 5.41) is 23.0. The molecule has 1 aromatic heterocycles. The lowest BCUT2D eigenvalue weighted by atomic mass is 10.00. The number of aliphatic hydroxyl groups is 2. The molecular weight excluding hydrogens is 408 g/mol. The molecule has 2 heterocycles. The van der Waals surface area contributed by atoms with E-state index >= 15 is 0 Å². The van der Waals surface area contributed by atoms with Crippen LogP contribution in [0.5, 0.6) is 5.75 Å². The molecule has 0 fully saturated rings. The van der Waals surface area contributed by atoms with Crippen LogP contribution in [0.25, 0.3) is 22.8 Å². The van der Waals surface area contributed by atoms with E-state index in [-0.39, 0.29) is 12.7 Å². The minimum atomic E-state index is -0.704. The number of benzene rings is 2. The van der Waals surface area contributed by atoms with Crippen molar-refractivity contribution in [2.75, 3.05) is 32.0 Å². The maximum atomic E-state index is 9.75. The predicted octanol–water partition coefficient (Wildman–Crippen LogP) is 2.53. The number of hydrogen-bond donors (Lipinski definition) is 3. The van der Waals surface area contributed by atoms with Crippen LogP contribution < -0.4 is 10.5 Å². The van der Waals surface area contributed by atoms with Gasteiger partial charge in [0.25, 0.3) is 5.89 Å². The number of nitrogens with two attached hydrogens (primary N) is 1. The molecule has 0 radical (unpaired) electrons. The number of β-amino-alcohol motifs (C(OH)–C–C–N with tert-alkyl or cyclic N) is 1. The number of nitrogens with zero attached hydrogens (tertiary/aromatic N) is 3. The molecule has 4 rings (SSSR count). The smallest absolute Gasteiger partial charge is 0.258 e. The summed E-state index contributed by atoms with van der Waals surface area (Å²) in [6.07, 6.45) is 1.10. The highest BCUT2D eigenvalue weighted by molar-refractivity contribution is 5.67. The summed E-state index contributed by atoms with van der Waals surface area (Å²) in [5.74, 6) is 1.57. The molecular formula is C24H30N4O4. The predicted molar refractivity (Wildman–Crippen MR) is 122 cm³/mol. The number of anilines is 1. The minimum absolute atomic E-state index is 0.0400. The maximum absolute atomic E-state index is 9.75. The summed E-state index contributed by atoms with van der Waals surface area (Å²) in [7, 11) is 0. The lowest BCUT2D eigenvalue weighted by Crippen LogP contribution is -2.35. The molecule has 32 heavy (non-hydrogen) atoms. The summed E-state index contributed by atoms with van der Waals surface area (Å²) in [6.45, 7) is 5.85. The van der Waals surface area contributed by atoms with Crippen LogP contribution in [0.4, 0.5) is 5.69 Å². The summed E-state index contributed by atoms with van der Waals surface area (Å²) in [5.41, 5.74) is 10.8. The van der Waals surface area contributed by atoms with Crippen molar-refractivity contribution in [3.8, 4) is 28.6 Å². The molecule has 0 amide bonds. The number of fused-ring (bicyclic) bond motifs is 1. The Morgan fingerprint density at radius 1 is 1.09 bits per heavy atom. The number of hydrogen-bond acceptors (Lipinski definition) is 8. The van der Waals surface area contributed by atoms with Crippen LogP contribution in [0.1, 0.15) is 25.0 Å². The first-order chi connectivity index (χ1) is 15.4. The molecule has 3 aromatic rings. The summed E-state index contributed by atoms with van der Waals surface area (Å²) >= 11 is 0. The topological polar surface area (TPSA) is 118 Å². The van der Waals surface area contributed by atoms with Crippen LogP contribution in [-0.2, 0) is 12.8 Å². The average Bonchev–Trinajstić information content (AvgIpc) is 3.18. The second-order valence-electron chi connectivity index (χ2n) is 8.46. The van der Waals surface area contributed by atoms with Crippen molar-refractivity contribution in [1.29, 1.82) is 0 Å². The molecule has 0 spiro atoms. The van der Waals surface area contributed by atoms with E-state index in [1.807, 2.05) is 32.0 Å². The molecule has 1 atom stereocenters. The SMILES string of the molecule is CC(C)Oc1ccc(-c2nc(-c3ccc4c(c3)CCN(C[C@H](O)CO)CC4)no2)cc1N. The molecule has 8 nitrogen and oxygen atoms in total. The van der Waals surface area contributed by atoms with E-state index in [9.17, 15) is 5.11 Å². The third-order valence-corrected chi connectivity index (χ3v) is 5.58. The van der Waals surface area contributed by atoms with Gasteiger partial charge in [0.1, 0.15) is 5.75 Å². The third-order valence-electron chi connectivity index (χ3n) is 5.58. The molecule has 170 valence electrons. The standard InChI is InChI=1S/C24H30N4O4/c1-15(2)31-22-6-5-19(12-21(22)25)24-26-23(27-32-24)18-4-3-16-7-9-28(13-20(30)14-29)10-8-17(16)11-18/h3-6,11-12,15,20,29-30H,7-10,13-14,25H2,1-2H3/t20-/m0/s1. The fraction of sp³-hybridized carbons (Fsp3) is 0.417. The molecule has 1 aliphatic rings. The van der Waals surface area contributed by atoms with Gasteiger partial charge in [-0.3, -0.25) is 0 Å². The number of nitrogen functional groups attached to an aromatic ring is 1. The Bertz CT molecular complexity index is 1070. The van der Waals surface area contributed by atoms with Crippen molar-refractivity contribution in [3.05, 3.63) is 47.5 Å². The van der Waals surface area contributed by atoms with Gasteiger partial charge < -0.3 is 30.1 Å². The van der Waals surface area contributed by atoms with Crippen LogP contribution in [0.3, 0.4) is 0 Å². The Morgan fingerprint density at radius 3 is 2.56 bits per heavy atom. The lowest BCUT2D eigenvalue weighted by Gasteiger charge is -2.21. The van der Waals surface area contributed by atoms with Crippen molar-refractivity contribution >= 4 is 5.69 Å². The van der Waals surface area contributed by atoms with E-state index in [1.165, 1.54) is 11.1 Å². The van der Waals surface area contributed by atoms with E-state index in [0.29, 0.717) is 29.7 Å². The summed E-state index contributed by atoms with van der Waals surface area (Å²) in [6, 6.07) is 11.7.